The molecule has 0 atom stereocenters. The number of hydrogen-bond acceptors (Lipinski definition) is 7. The minimum Gasteiger partial charge on any atom is -0.437 e. The van der Waals surface area contributed by atoms with E-state index in [1.165, 1.54) is 18.3 Å². The Morgan fingerprint density at radius 3 is 2.75 bits per heavy atom. The van der Waals surface area contributed by atoms with Gasteiger partial charge in [0.15, 0.2) is 12.0 Å². The molecule has 0 aliphatic rings. The normalized spacial score (nSPS) is 9.80. The van der Waals surface area contributed by atoms with E-state index in [4.69, 9.17) is 15.9 Å². The van der Waals surface area contributed by atoms with Gasteiger partial charge in [0.25, 0.3) is 0 Å². The summed E-state index contributed by atoms with van der Waals surface area (Å²) in [6.45, 7) is 0. The predicted molar refractivity (Wildman–Crippen MR) is 73.5 cm³/mol. The highest BCUT2D eigenvalue weighted by Gasteiger charge is 2.11. The Hall–Kier alpha value is -3.09. The standard InChI is InChI=1S/C13H10N4O3/c14-10(7-18)9-2-1-3-11(13(9)15)20-12-5-4-8(17-19)6-16-12/h1-7,14H,15H2. The number of para-hydroxylation sites is 1. The predicted octanol–water partition coefficient (Wildman–Crippen LogP) is 2.42. The first-order valence-electron chi connectivity index (χ1n) is 5.55. The molecule has 100 valence electrons. The number of pyridine rings is 1. The Kier molecular flexibility index (Phi) is 3.80. The fourth-order valence-corrected chi connectivity index (χ4v) is 1.53. The number of aldehydes is 1. The maximum atomic E-state index is 10.6. The molecule has 0 saturated carbocycles. The van der Waals surface area contributed by atoms with Gasteiger partial charge in [-0.3, -0.25) is 10.2 Å². The van der Waals surface area contributed by atoms with Crippen molar-refractivity contribution in [3.05, 3.63) is 47.0 Å². The zero-order valence-corrected chi connectivity index (χ0v) is 10.2. The molecule has 3 N–H and O–H groups in total. The van der Waals surface area contributed by atoms with E-state index in [1.807, 2.05) is 0 Å². The van der Waals surface area contributed by atoms with Gasteiger partial charge in [0, 0.05) is 11.6 Å². The van der Waals surface area contributed by atoms with Crippen molar-refractivity contribution >= 4 is 23.4 Å². The van der Waals surface area contributed by atoms with E-state index in [-0.39, 0.29) is 34.3 Å². The van der Waals surface area contributed by atoms with Crippen LogP contribution in [0, 0.1) is 10.3 Å². The van der Waals surface area contributed by atoms with Crippen LogP contribution in [0.5, 0.6) is 11.6 Å². The second kappa shape index (κ2) is 5.70. The molecule has 0 aliphatic carbocycles. The average molecular weight is 270 g/mol. The first kappa shape index (κ1) is 13.3. The number of ether oxygens (including phenoxy) is 1. The van der Waals surface area contributed by atoms with Crippen molar-refractivity contribution in [3.63, 3.8) is 0 Å². The number of anilines is 1. The lowest BCUT2D eigenvalue weighted by Crippen LogP contribution is -2.06. The molecule has 1 heterocycles. The first-order valence-corrected chi connectivity index (χ1v) is 5.55. The summed E-state index contributed by atoms with van der Waals surface area (Å²) in [4.78, 5) is 24.8. The SMILES string of the molecule is N=C(C=O)c1cccc(Oc2ccc(N=O)cn2)c1N. The maximum absolute atomic E-state index is 10.6. The molecule has 7 heteroatoms. The molecule has 0 aliphatic heterocycles. The van der Waals surface area contributed by atoms with Crippen LogP contribution in [0.15, 0.2) is 41.7 Å². The van der Waals surface area contributed by atoms with Crippen LogP contribution in [0.3, 0.4) is 0 Å². The highest BCUT2D eigenvalue weighted by molar-refractivity contribution is 6.36. The third-order valence-electron chi connectivity index (χ3n) is 2.51. The second-order valence-electron chi connectivity index (χ2n) is 3.80. The third-order valence-corrected chi connectivity index (χ3v) is 2.51. The molecule has 2 aromatic rings. The van der Waals surface area contributed by atoms with Crippen molar-refractivity contribution in [2.24, 2.45) is 5.18 Å². The number of nitrogens with one attached hydrogen (secondary N) is 1. The molecule has 7 nitrogen and oxygen atoms in total. The molecular formula is C13H10N4O3. The van der Waals surface area contributed by atoms with Crippen LogP contribution in [-0.2, 0) is 4.79 Å². The monoisotopic (exact) mass is 270 g/mol. The first-order chi connectivity index (χ1) is 9.65. The summed E-state index contributed by atoms with van der Waals surface area (Å²) in [5.74, 6) is 0.493. The number of nitrogens with zero attached hydrogens (tertiary/aromatic N) is 2. The molecule has 2 rings (SSSR count). The molecule has 0 unspecified atom stereocenters. The number of nitrogen functional groups attached to an aromatic ring is 1. The summed E-state index contributed by atoms with van der Waals surface area (Å²) in [7, 11) is 0. The van der Waals surface area contributed by atoms with Gasteiger partial charge in [0.1, 0.15) is 11.4 Å². The second-order valence-corrected chi connectivity index (χ2v) is 3.80. The Labute approximate surface area is 113 Å². The van der Waals surface area contributed by atoms with E-state index >= 15 is 0 Å². The van der Waals surface area contributed by atoms with Crippen LogP contribution in [0.1, 0.15) is 5.56 Å². The molecule has 20 heavy (non-hydrogen) atoms. The summed E-state index contributed by atoms with van der Waals surface area (Å²) in [5, 5.41) is 10.2. The number of nitroso groups, excluding NO2 is 1. The number of rotatable bonds is 5. The minimum atomic E-state index is -0.235. The molecule has 0 saturated heterocycles. The van der Waals surface area contributed by atoms with Crippen LogP contribution in [0.25, 0.3) is 0 Å². The zero-order chi connectivity index (χ0) is 14.5. The maximum Gasteiger partial charge on any atom is 0.219 e. The Bertz CT molecular complexity index is 668. The van der Waals surface area contributed by atoms with E-state index in [0.717, 1.165) is 0 Å². The van der Waals surface area contributed by atoms with Gasteiger partial charge in [-0.25, -0.2) is 4.98 Å². The highest BCUT2D eigenvalue weighted by atomic mass is 16.5. The number of carbonyl (C=O) groups is 1. The summed E-state index contributed by atoms with van der Waals surface area (Å²) in [6.07, 6.45) is 1.66. The molecule has 0 bridgehead atoms. The van der Waals surface area contributed by atoms with Gasteiger partial charge in [0.05, 0.1) is 11.9 Å². The number of benzene rings is 1. The van der Waals surface area contributed by atoms with Crippen molar-refractivity contribution in [1.29, 1.82) is 5.41 Å². The van der Waals surface area contributed by atoms with E-state index in [2.05, 4.69) is 10.2 Å². The van der Waals surface area contributed by atoms with E-state index < -0.39 is 0 Å². The Morgan fingerprint density at radius 1 is 1.35 bits per heavy atom. The Morgan fingerprint density at radius 2 is 2.15 bits per heavy atom. The quantitative estimate of drug-likeness (QED) is 0.374. The summed E-state index contributed by atoms with van der Waals surface area (Å²) in [6, 6.07) is 7.66. The molecule has 0 spiro atoms. The number of aromatic nitrogens is 1. The highest BCUT2D eigenvalue weighted by Crippen LogP contribution is 2.29. The van der Waals surface area contributed by atoms with Gasteiger partial charge in [-0.15, -0.1) is 4.91 Å². The summed E-state index contributed by atoms with van der Waals surface area (Å²) < 4.78 is 5.45. The van der Waals surface area contributed by atoms with Gasteiger partial charge < -0.3 is 10.5 Å². The van der Waals surface area contributed by atoms with Crippen LogP contribution in [0.2, 0.25) is 0 Å². The lowest BCUT2D eigenvalue weighted by molar-refractivity contribution is -0.102. The van der Waals surface area contributed by atoms with Gasteiger partial charge >= 0.3 is 0 Å². The van der Waals surface area contributed by atoms with Crippen LogP contribution >= 0.6 is 0 Å². The van der Waals surface area contributed by atoms with Crippen molar-refractivity contribution < 1.29 is 9.53 Å². The molecule has 0 amide bonds. The van der Waals surface area contributed by atoms with Gasteiger partial charge in [-0.1, -0.05) is 12.1 Å². The fraction of sp³-hybridized carbons (Fsp3) is 0. The molecular weight excluding hydrogens is 260 g/mol. The van der Waals surface area contributed by atoms with E-state index in [1.54, 1.807) is 18.2 Å². The van der Waals surface area contributed by atoms with Crippen molar-refractivity contribution in [1.82, 2.24) is 4.98 Å². The molecule has 1 aromatic carbocycles. The Balaban J connectivity index is 2.31. The van der Waals surface area contributed by atoms with Crippen LogP contribution < -0.4 is 10.5 Å². The number of carbonyl (C=O) groups excluding carboxylic acids is 1. The van der Waals surface area contributed by atoms with Crippen LogP contribution in [-0.4, -0.2) is 17.0 Å². The number of hydrogen-bond donors (Lipinski definition) is 2. The topological polar surface area (TPSA) is 118 Å². The lowest BCUT2D eigenvalue weighted by atomic mass is 10.1. The number of nitrogens with two attached hydrogens (primary N) is 1. The van der Waals surface area contributed by atoms with Crippen LogP contribution in [0.4, 0.5) is 11.4 Å². The van der Waals surface area contributed by atoms with Gasteiger partial charge in [-0.2, -0.15) is 0 Å². The van der Waals surface area contributed by atoms with Crippen molar-refractivity contribution in [2.45, 2.75) is 0 Å². The largest absolute Gasteiger partial charge is 0.437 e. The van der Waals surface area contributed by atoms with E-state index in [9.17, 15) is 9.70 Å². The summed E-state index contributed by atoms with van der Waals surface area (Å²) >= 11 is 0. The lowest BCUT2D eigenvalue weighted by Gasteiger charge is -2.10. The van der Waals surface area contributed by atoms with E-state index in [0.29, 0.717) is 6.29 Å². The average Bonchev–Trinajstić information content (AvgIpc) is 2.49. The van der Waals surface area contributed by atoms with Crippen molar-refractivity contribution in [2.75, 3.05) is 5.73 Å². The van der Waals surface area contributed by atoms with Gasteiger partial charge in [0.2, 0.25) is 5.88 Å². The third kappa shape index (κ3) is 2.66. The van der Waals surface area contributed by atoms with Crippen molar-refractivity contribution in [3.8, 4) is 11.6 Å². The minimum absolute atomic E-state index is 0.170. The zero-order valence-electron chi connectivity index (χ0n) is 10.2. The smallest absolute Gasteiger partial charge is 0.219 e. The molecule has 0 fully saturated rings. The molecule has 1 aromatic heterocycles. The van der Waals surface area contributed by atoms with Gasteiger partial charge in [-0.05, 0) is 17.3 Å². The summed E-state index contributed by atoms with van der Waals surface area (Å²) in [5.41, 5.74) is 6.24. The molecule has 0 radical (unpaired) electrons. The fourth-order valence-electron chi connectivity index (χ4n) is 1.53.